The van der Waals surface area contributed by atoms with Crippen LogP contribution >= 0.6 is 0 Å². The van der Waals surface area contributed by atoms with Gasteiger partial charge in [0.05, 0.1) is 0 Å². The fourth-order valence-corrected chi connectivity index (χ4v) is 1.66. The van der Waals surface area contributed by atoms with Crippen molar-refractivity contribution in [2.45, 2.75) is 71.1 Å². The number of allylic oxidation sites excluding steroid dienone is 1. The maximum absolute atomic E-state index is 5.49. The van der Waals surface area contributed by atoms with E-state index in [0.717, 1.165) is 12.1 Å². The number of hydrogen-bond acceptors (Lipinski definition) is 1. The molecular formula is C13H27N. The minimum absolute atomic E-state index is 0.841. The zero-order valence-corrected chi connectivity index (χ0v) is 9.86. The van der Waals surface area contributed by atoms with Crippen molar-refractivity contribution in [1.82, 2.24) is 0 Å². The lowest BCUT2D eigenvalue weighted by molar-refractivity contribution is 0.564. The second-order valence-corrected chi connectivity index (χ2v) is 4.24. The van der Waals surface area contributed by atoms with E-state index in [0.29, 0.717) is 0 Å². The summed E-state index contributed by atoms with van der Waals surface area (Å²) in [4.78, 5) is 0. The minimum Gasteiger partial charge on any atom is -0.403 e. The monoisotopic (exact) mass is 197 g/mol. The van der Waals surface area contributed by atoms with Crippen LogP contribution in [-0.2, 0) is 0 Å². The van der Waals surface area contributed by atoms with Gasteiger partial charge >= 0.3 is 0 Å². The third-order valence-corrected chi connectivity index (χ3v) is 2.60. The molecule has 0 fully saturated rings. The van der Waals surface area contributed by atoms with E-state index in [4.69, 9.17) is 5.73 Å². The topological polar surface area (TPSA) is 26.0 Å². The van der Waals surface area contributed by atoms with E-state index in [1.54, 1.807) is 0 Å². The van der Waals surface area contributed by atoms with Crippen LogP contribution in [0, 0.1) is 0 Å². The van der Waals surface area contributed by atoms with Gasteiger partial charge in [-0.1, -0.05) is 64.9 Å². The first kappa shape index (κ1) is 13.5. The number of rotatable bonds is 10. The van der Waals surface area contributed by atoms with Crippen LogP contribution in [0.5, 0.6) is 0 Å². The van der Waals surface area contributed by atoms with E-state index in [1.807, 2.05) is 0 Å². The number of nitrogens with two attached hydrogens (primary N) is 1. The molecule has 14 heavy (non-hydrogen) atoms. The Morgan fingerprint density at radius 2 is 1.29 bits per heavy atom. The molecule has 84 valence electrons. The molecule has 1 heteroatoms. The molecule has 0 aliphatic heterocycles. The average molecular weight is 197 g/mol. The molecule has 0 amide bonds. The van der Waals surface area contributed by atoms with Crippen LogP contribution in [0.15, 0.2) is 12.3 Å². The Labute approximate surface area is 89.8 Å². The molecule has 0 heterocycles. The van der Waals surface area contributed by atoms with Gasteiger partial charge in [-0.2, -0.15) is 0 Å². The molecule has 0 aliphatic rings. The number of hydrogen-bond donors (Lipinski definition) is 1. The molecule has 0 aromatic carbocycles. The Morgan fingerprint density at radius 3 is 1.71 bits per heavy atom. The lowest BCUT2D eigenvalue weighted by Gasteiger charge is -2.01. The summed E-state index contributed by atoms with van der Waals surface area (Å²) >= 11 is 0. The average Bonchev–Trinajstić information content (AvgIpc) is 2.15. The van der Waals surface area contributed by atoms with Crippen LogP contribution in [-0.4, -0.2) is 0 Å². The van der Waals surface area contributed by atoms with E-state index < -0.39 is 0 Å². The lowest BCUT2D eigenvalue weighted by atomic mass is 10.1. The molecular weight excluding hydrogens is 170 g/mol. The summed E-state index contributed by atoms with van der Waals surface area (Å²) in [6.07, 6.45) is 13.4. The van der Waals surface area contributed by atoms with Crippen molar-refractivity contribution in [2.24, 2.45) is 5.73 Å². The first-order chi connectivity index (χ1) is 6.77. The van der Waals surface area contributed by atoms with Crippen LogP contribution in [0.3, 0.4) is 0 Å². The van der Waals surface area contributed by atoms with Gasteiger partial charge in [-0.05, 0) is 12.8 Å². The molecule has 0 spiro atoms. The quantitative estimate of drug-likeness (QED) is 0.517. The van der Waals surface area contributed by atoms with Crippen molar-refractivity contribution in [1.29, 1.82) is 0 Å². The van der Waals surface area contributed by atoms with Gasteiger partial charge < -0.3 is 5.73 Å². The standard InChI is InChI=1S/C13H27N/c1-3-4-5-6-7-8-9-10-11-12-13(2)14/h2-12,14H2,1H3. The van der Waals surface area contributed by atoms with Crippen molar-refractivity contribution in [2.75, 3.05) is 0 Å². The first-order valence-electron chi connectivity index (χ1n) is 6.20. The van der Waals surface area contributed by atoms with Crippen molar-refractivity contribution >= 4 is 0 Å². The van der Waals surface area contributed by atoms with Gasteiger partial charge in [-0.15, -0.1) is 0 Å². The zero-order chi connectivity index (χ0) is 10.6. The second-order valence-electron chi connectivity index (χ2n) is 4.24. The van der Waals surface area contributed by atoms with Gasteiger partial charge in [0.25, 0.3) is 0 Å². The predicted molar refractivity (Wildman–Crippen MR) is 65.2 cm³/mol. The van der Waals surface area contributed by atoms with Gasteiger partial charge in [-0.25, -0.2) is 0 Å². The molecule has 0 saturated carbocycles. The third-order valence-electron chi connectivity index (χ3n) is 2.60. The summed E-state index contributed by atoms with van der Waals surface area (Å²) in [6.45, 7) is 5.96. The summed E-state index contributed by atoms with van der Waals surface area (Å²) in [7, 11) is 0. The Hall–Kier alpha value is -0.460. The molecule has 0 unspecified atom stereocenters. The zero-order valence-electron chi connectivity index (χ0n) is 9.86. The highest BCUT2D eigenvalue weighted by atomic mass is 14.5. The smallest absolute Gasteiger partial charge is 0.000744 e. The fourth-order valence-electron chi connectivity index (χ4n) is 1.66. The van der Waals surface area contributed by atoms with E-state index in [-0.39, 0.29) is 0 Å². The Bertz CT molecular complexity index is 129. The van der Waals surface area contributed by atoms with Crippen molar-refractivity contribution < 1.29 is 0 Å². The molecule has 0 aromatic rings. The minimum atomic E-state index is 0.841. The Balaban J connectivity index is 2.88. The van der Waals surface area contributed by atoms with Gasteiger partial charge in [0.15, 0.2) is 0 Å². The predicted octanol–water partition coefficient (Wildman–Crippen LogP) is 4.38. The van der Waals surface area contributed by atoms with Gasteiger partial charge in [0, 0.05) is 5.70 Å². The van der Waals surface area contributed by atoms with Crippen LogP contribution in [0.1, 0.15) is 71.1 Å². The van der Waals surface area contributed by atoms with Crippen molar-refractivity contribution in [3.63, 3.8) is 0 Å². The largest absolute Gasteiger partial charge is 0.403 e. The highest BCUT2D eigenvalue weighted by Crippen LogP contribution is 2.10. The molecule has 0 bridgehead atoms. The molecule has 0 rings (SSSR count). The summed E-state index contributed by atoms with van der Waals surface area (Å²) < 4.78 is 0. The number of unbranched alkanes of at least 4 members (excludes halogenated alkanes) is 8. The first-order valence-corrected chi connectivity index (χ1v) is 6.20. The van der Waals surface area contributed by atoms with E-state index in [9.17, 15) is 0 Å². The Morgan fingerprint density at radius 1 is 0.857 bits per heavy atom. The normalized spacial score (nSPS) is 10.4. The van der Waals surface area contributed by atoms with Crippen molar-refractivity contribution in [3.8, 4) is 0 Å². The van der Waals surface area contributed by atoms with Crippen LogP contribution in [0.2, 0.25) is 0 Å². The molecule has 0 atom stereocenters. The Kier molecular flexibility index (Phi) is 10.3. The fraction of sp³-hybridized carbons (Fsp3) is 0.846. The lowest BCUT2D eigenvalue weighted by Crippen LogP contribution is -1.93. The SMILES string of the molecule is C=C(N)CCCCCCCCCCC. The van der Waals surface area contributed by atoms with E-state index in [2.05, 4.69) is 13.5 Å². The molecule has 0 aliphatic carbocycles. The van der Waals surface area contributed by atoms with E-state index in [1.165, 1.54) is 57.8 Å². The maximum atomic E-state index is 5.49. The highest BCUT2D eigenvalue weighted by Gasteiger charge is 1.92. The second kappa shape index (κ2) is 10.6. The van der Waals surface area contributed by atoms with Gasteiger partial charge in [0.2, 0.25) is 0 Å². The van der Waals surface area contributed by atoms with Crippen LogP contribution < -0.4 is 5.73 Å². The summed E-state index contributed by atoms with van der Waals surface area (Å²) in [5.41, 5.74) is 6.33. The summed E-state index contributed by atoms with van der Waals surface area (Å²) in [5, 5.41) is 0. The van der Waals surface area contributed by atoms with Crippen LogP contribution in [0.4, 0.5) is 0 Å². The molecule has 0 aromatic heterocycles. The van der Waals surface area contributed by atoms with Crippen LogP contribution in [0.25, 0.3) is 0 Å². The van der Waals surface area contributed by atoms with E-state index >= 15 is 0 Å². The van der Waals surface area contributed by atoms with Gasteiger partial charge in [0.1, 0.15) is 0 Å². The molecule has 1 nitrogen and oxygen atoms in total. The third kappa shape index (κ3) is 11.5. The molecule has 0 radical (unpaired) electrons. The summed E-state index contributed by atoms with van der Waals surface area (Å²) in [5.74, 6) is 0. The maximum Gasteiger partial charge on any atom is 0.000744 e. The van der Waals surface area contributed by atoms with Gasteiger partial charge in [-0.3, -0.25) is 0 Å². The highest BCUT2D eigenvalue weighted by molar-refractivity contribution is 4.84. The molecule has 0 saturated heterocycles. The molecule has 2 N–H and O–H groups in total. The van der Waals surface area contributed by atoms with Crippen molar-refractivity contribution in [3.05, 3.63) is 12.3 Å². The summed E-state index contributed by atoms with van der Waals surface area (Å²) in [6, 6.07) is 0.